The molecule has 1 N–H and O–H groups in total. The van der Waals surface area contributed by atoms with Gasteiger partial charge in [-0.05, 0) is 57.0 Å². The van der Waals surface area contributed by atoms with Crippen LogP contribution in [0, 0.1) is 13.8 Å². The molecule has 1 saturated carbocycles. The van der Waals surface area contributed by atoms with E-state index in [0.29, 0.717) is 22.9 Å². The fourth-order valence-corrected chi connectivity index (χ4v) is 4.95. The molecule has 0 spiro atoms. The third kappa shape index (κ3) is 4.41. The zero-order valence-electron chi connectivity index (χ0n) is 17.0. The molecule has 0 saturated heterocycles. The van der Waals surface area contributed by atoms with E-state index in [1.807, 2.05) is 36.6 Å². The fraction of sp³-hybridized carbons (Fsp3) is 0.333. The number of carbonyl (C=O) groups is 2. The minimum Gasteiger partial charge on any atom is -0.465 e. The monoisotopic (exact) mass is 442 g/mol. The molecule has 3 aromatic rings. The number of Topliss-reactive ketones (excluding diaryl/α,β-unsaturated/α-hetero) is 1. The van der Waals surface area contributed by atoms with Crippen LogP contribution in [0.5, 0.6) is 0 Å². The van der Waals surface area contributed by atoms with Crippen LogP contribution in [0.3, 0.4) is 0 Å². The van der Waals surface area contributed by atoms with Crippen molar-refractivity contribution in [3.63, 3.8) is 0 Å². The largest absolute Gasteiger partial charge is 0.465 e. The number of esters is 1. The molecule has 0 aliphatic heterocycles. The lowest BCUT2D eigenvalue weighted by atomic mass is 10.2. The quantitative estimate of drug-likeness (QED) is 0.316. The number of anilines is 1. The summed E-state index contributed by atoms with van der Waals surface area (Å²) in [6, 6.07) is 9.59. The highest BCUT2D eigenvalue weighted by Crippen LogP contribution is 2.31. The average molecular weight is 443 g/mol. The van der Waals surface area contributed by atoms with Crippen LogP contribution < -0.4 is 5.32 Å². The van der Waals surface area contributed by atoms with Crippen LogP contribution in [0.2, 0.25) is 0 Å². The topological polar surface area (TPSA) is 86.1 Å². The highest BCUT2D eigenvalue weighted by atomic mass is 32.2. The Hall–Kier alpha value is -2.65. The summed E-state index contributed by atoms with van der Waals surface area (Å²) in [6.07, 6.45) is 2.36. The van der Waals surface area contributed by atoms with Crippen molar-refractivity contribution in [1.29, 1.82) is 0 Å². The molecule has 1 aliphatic rings. The van der Waals surface area contributed by atoms with E-state index in [-0.39, 0.29) is 11.8 Å². The highest BCUT2D eigenvalue weighted by Gasteiger charge is 2.23. The number of methoxy groups -OCH3 is 1. The normalized spacial score (nSPS) is 13.3. The molecule has 4 rings (SSSR count). The lowest BCUT2D eigenvalue weighted by Gasteiger charge is -2.10. The predicted octanol–water partition coefficient (Wildman–Crippen LogP) is 4.28. The smallest absolute Gasteiger partial charge is 0.337 e. The second-order valence-electron chi connectivity index (χ2n) is 7.16. The molecular weight excluding hydrogens is 420 g/mol. The SMILES string of the molecule is COC(=O)c1ccc(-n2c(C)cc(C(=O)CSc3nnc(NC4CC4)s3)c2C)cc1. The van der Waals surface area contributed by atoms with Gasteiger partial charge in [-0.25, -0.2) is 4.79 Å². The van der Waals surface area contributed by atoms with Gasteiger partial charge in [0.1, 0.15) is 0 Å². The molecule has 1 aromatic carbocycles. The van der Waals surface area contributed by atoms with Crippen LogP contribution in [0.1, 0.15) is 44.9 Å². The summed E-state index contributed by atoms with van der Waals surface area (Å²) in [5, 5.41) is 12.4. The molecule has 0 atom stereocenters. The van der Waals surface area contributed by atoms with Crippen LogP contribution in [0.4, 0.5) is 5.13 Å². The van der Waals surface area contributed by atoms with Gasteiger partial charge in [0.05, 0.1) is 18.4 Å². The Labute approximate surface area is 182 Å². The van der Waals surface area contributed by atoms with Crippen molar-refractivity contribution >= 4 is 40.0 Å². The summed E-state index contributed by atoms with van der Waals surface area (Å²) in [5.74, 6) is -0.0103. The van der Waals surface area contributed by atoms with E-state index in [1.165, 1.54) is 43.1 Å². The number of nitrogens with one attached hydrogen (secondary N) is 1. The summed E-state index contributed by atoms with van der Waals surface area (Å²) < 4.78 is 7.55. The van der Waals surface area contributed by atoms with Crippen molar-refractivity contribution in [2.45, 2.75) is 37.1 Å². The Balaban J connectivity index is 1.46. The van der Waals surface area contributed by atoms with E-state index in [1.54, 1.807) is 12.1 Å². The molecule has 0 unspecified atom stereocenters. The van der Waals surface area contributed by atoms with Gasteiger partial charge in [0.15, 0.2) is 10.1 Å². The van der Waals surface area contributed by atoms with Crippen molar-refractivity contribution in [2.24, 2.45) is 0 Å². The number of ketones is 1. The summed E-state index contributed by atoms with van der Waals surface area (Å²) >= 11 is 2.90. The molecule has 30 heavy (non-hydrogen) atoms. The van der Waals surface area contributed by atoms with Gasteiger partial charge in [-0.15, -0.1) is 10.2 Å². The number of rotatable bonds is 8. The van der Waals surface area contributed by atoms with Crippen LogP contribution >= 0.6 is 23.1 Å². The van der Waals surface area contributed by atoms with Gasteiger partial charge in [-0.2, -0.15) is 0 Å². The third-order valence-corrected chi connectivity index (χ3v) is 6.90. The second-order valence-corrected chi connectivity index (χ2v) is 9.36. The van der Waals surface area contributed by atoms with Crippen LogP contribution in [-0.4, -0.2) is 45.4 Å². The van der Waals surface area contributed by atoms with Gasteiger partial charge < -0.3 is 14.6 Å². The molecule has 0 amide bonds. The molecule has 9 heteroatoms. The van der Waals surface area contributed by atoms with Crippen molar-refractivity contribution < 1.29 is 14.3 Å². The maximum absolute atomic E-state index is 12.9. The van der Waals surface area contributed by atoms with E-state index in [2.05, 4.69) is 15.5 Å². The molecular formula is C21H22N4O3S2. The Bertz CT molecular complexity index is 1080. The lowest BCUT2D eigenvalue weighted by Crippen LogP contribution is -2.06. The molecule has 7 nitrogen and oxygen atoms in total. The summed E-state index contributed by atoms with van der Waals surface area (Å²) in [6.45, 7) is 3.90. The standard InChI is InChI=1S/C21H22N4O3S2/c1-12-10-17(13(2)25(12)16-8-4-14(5-9-16)19(27)28-3)18(26)11-29-21-24-23-20(30-21)22-15-6-7-15/h4-5,8-10,15H,6-7,11H2,1-3H3,(H,22,23). The first kappa shape index (κ1) is 20.6. The number of hydrogen-bond acceptors (Lipinski definition) is 8. The Kier molecular flexibility index (Phi) is 5.92. The zero-order chi connectivity index (χ0) is 21.3. The van der Waals surface area contributed by atoms with E-state index >= 15 is 0 Å². The number of thioether (sulfide) groups is 1. The maximum atomic E-state index is 12.9. The summed E-state index contributed by atoms with van der Waals surface area (Å²) in [4.78, 5) is 24.5. The van der Waals surface area contributed by atoms with Gasteiger partial charge in [-0.1, -0.05) is 23.1 Å². The number of aromatic nitrogens is 3. The van der Waals surface area contributed by atoms with Crippen molar-refractivity contribution in [1.82, 2.24) is 14.8 Å². The first-order chi connectivity index (χ1) is 14.5. The number of nitrogens with zero attached hydrogens (tertiary/aromatic N) is 3. The zero-order valence-corrected chi connectivity index (χ0v) is 18.6. The Morgan fingerprint density at radius 2 is 1.97 bits per heavy atom. The first-order valence-corrected chi connectivity index (χ1v) is 11.4. The van der Waals surface area contributed by atoms with Gasteiger partial charge in [-0.3, -0.25) is 4.79 Å². The van der Waals surface area contributed by atoms with E-state index in [0.717, 1.165) is 26.5 Å². The van der Waals surface area contributed by atoms with Gasteiger partial charge in [0.2, 0.25) is 5.13 Å². The maximum Gasteiger partial charge on any atom is 0.337 e. The number of hydrogen-bond donors (Lipinski definition) is 1. The van der Waals surface area contributed by atoms with Crippen LogP contribution in [0.15, 0.2) is 34.7 Å². The fourth-order valence-electron chi connectivity index (χ4n) is 3.24. The van der Waals surface area contributed by atoms with E-state index < -0.39 is 0 Å². The predicted molar refractivity (Wildman–Crippen MR) is 118 cm³/mol. The molecule has 0 radical (unpaired) electrons. The first-order valence-electron chi connectivity index (χ1n) is 9.60. The number of carbonyl (C=O) groups excluding carboxylic acids is 2. The lowest BCUT2D eigenvalue weighted by molar-refractivity contribution is 0.0600. The minimum atomic E-state index is -0.373. The molecule has 156 valence electrons. The molecule has 2 heterocycles. The molecule has 0 bridgehead atoms. The number of benzene rings is 1. The molecule has 1 fully saturated rings. The van der Waals surface area contributed by atoms with Crippen molar-refractivity contribution in [3.05, 3.63) is 52.8 Å². The Morgan fingerprint density at radius 1 is 1.23 bits per heavy atom. The highest BCUT2D eigenvalue weighted by molar-refractivity contribution is 8.01. The summed E-state index contributed by atoms with van der Waals surface area (Å²) in [5.41, 5.74) is 3.90. The van der Waals surface area contributed by atoms with Crippen molar-refractivity contribution in [2.75, 3.05) is 18.2 Å². The third-order valence-electron chi connectivity index (χ3n) is 4.92. The van der Waals surface area contributed by atoms with Gasteiger partial charge in [0.25, 0.3) is 0 Å². The van der Waals surface area contributed by atoms with Gasteiger partial charge in [0, 0.05) is 28.7 Å². The van der Waals surface area contributed by atoms with E-state index in [9.17, 15) is 9.59 Å². The summed E-state index contributed by atoms with van der Waals surface area (Å²) in [7, 11) is 1.36. The molecule has 1 aliphatic carbocycles. The van der Waals surface area contributed by atoms with Crippen molar-refractivity contribution in [3.8, 4) is 5.69 Å². The minimum absolute atomic E-state index is 0.0532. The Morgan fingerprint density at radius 3 is 2.63 bits per heavy atom. The number of ether oxygens (including phenoxy) is 1. The van der Waals surface area contributed by atoms with Crippen LogP contribution in [-0.2, 0) is 4.74 Å². The van der Waals surface area contributed by atoms with Gasteiger partial charge >= 0.3 is 5.97 Å². The second kappa shape index (κ2) is 8.61. The average Bonchev–Trinajstić information content (AvgIpc) is 3.36. The number of aryl methyl sites for hydroxylation is 1. The molecule has 2 aromatic heterocycles. The van der Waals surface area contributed by atoms with Crippen LogP contribution in [0.25, 0.3) is 5.69 Å². The van der Waals surface area contributed by atoms with E-state index in [4.69, 9.17) is 4.74 Å².